The average Bonchev–Trinajstić information content (AvgIpc) is 2.48. The highest BCUT2D eigenvalue weighted by Gasteiger charge is 2.45. The van der Waals surface area contributed by atoms with Gasteiger partial charge in [-0.2, -0.15) is 0 Å². The van der Waals surface area contributed by atoms with Crippen LogP contribution in [0.5, 0.6) is 23.0 Å². The highest BCUT2D eigenvalue weighted by molar-refractivity contribution is 5.63. The lowest BCUT2D eigenvalue weighted by Gasteiger charge is -2.29. The molecule has 1 unspecified atom stereocenters. The Morgan fingerprint density at radius 3 is 1.34 bits per heavy atom. The lowest BCUT2D eigenvalue weighted by atomic mass is 9.93. The van der Waals surface area contributed by atoms with Crippen molar-refractivity contribution in [3.8, 4) is 23.0 Å². The lowest BCUT2D eigenvalue weighted by Crippen LogP contribution is -2.29. The minimum Gasteiger partial charge on any atom is -0.405 e. The van der Waals surface area contributed by atoms with Gasteiger partial charge < -0.3 is 24.3 Å². The monoisotopic (exact) mass is 499 g/mol. The van der Waals surface area contributed by atoms with Crippen LogP contribution in [0.3, 0.4) is 0 Å². The van der Waals surface area contributed by atoms with Gasteiger partial charge >= 0.3 is 25.4 Å². The zero-order chi connectivity index (χ0) is 25.3. The van der Waals surface area contributed by atoms with Crippen LogP contribution in [0.2, 0.25) is 0 Å². The molecule has 1 aromatic carbocycles. The summed E-state index contributed by atoms with van der Waals surface area (Å²) in [5, 5.41) is 2.23. The Balaban J connectivity index is 4.13. The maximum absolute atomic E-state index is 12.9. The summed E-state index contributed by atoms with van der Waals surface area (Å²) in [7, 11) is 1.00. The Labute approximate surface area is 171 Å². The first-order chi connectivity index (χ1) is 14.1. The van der Waals surface area contributed by atoms with Crippen LogP contribution in [0, 0.1) is 5.92 Å². The van der Waals surface area contributed by atoms with Gasteiger partial charge in [0.2, 0.25) is 5.75 Å². The molecule has 32 heavy (non-hydrogen) atoms. The molecule has 1 N–H and O–H groups in total. The van der Waals surface area contributed by atoms with Gasteiger partial charge in [-0.1, -0.05) is 13.8 Å². The quantitative estimate of drug-likeness (QED) is 0.453. The molecule has 1 rings (SSSR count). The van der Waals surface area contributed by atoms with E-state index >= 15 is 0 Å². The summed E-state index contributed by atoms with van der Waals surface area (Å²) in [6.07, 6.45) is -23.3. The molecule has 0 fully saturated rings. The highest BCUT2D eigenvalue weighted by Crippen LogP contribution is 2.53. The fraction of sp³-hybridized carbons (Fsp3) is 0.600. The summed E-state index contributed by atoms with van der Waals surface area (Å²) < 4.78 is 167. The van der Waals surface area contributed by atoms with E-state index in [4.69, 9.17) is 0 Å². The van der Waals surface area contributed by atoms with Crippen LogP contribution in [0.4, 0.5) is 52.7 Å². The van der Waals surface area contributed by atoms with E-state index in [0.717, 1.165) is 7.05 Å². The van der Waals surface area contributed by atoms with Crippen molar-refractivity contribution >= 4 is 0 Å². The maximum atomic E-state index is 12.9. The Kier molecular flexibility index (Phi) is 7.92. The van der Waals surface area contributed by atoms with Gasteiger partial charge in [0.25, 0.3) is 0 Å². The van der Waals surface area contributed by atoms with Crippen LogP contribution in [-0.2, 0) is 0 Å². The largest absolute Gasteiger partial charge is 0.573 e. The third-order valence-electron chi connectivity index (χ3n) is 3.38. The van der Waals surface area contributed by atoms with E-state index in [9.17, 15) is 52.7 Å². The molecule has 0 amide bonds. The van der Waals surface area contributed by atoms with Crippen LogP contribution in [-0.4, -0.2) is 32.5 Å². The second-order valence-corrected chi connectivity index (χ2v) is 6.15. The number of nitrogens with one attached hydrogen (secondary N) is 1. The van der Waals surface area contributed by atoms with Crippen LogP contribution in [0.15, 0.2) is 6.07 Å². The summed E-state index contributed by atoms with van der Waals surface area (Å²) in [4.78, 5) is 0. The van der Waals surface area contributed by atoms with E-state index in [1.807, 2.05) is 0 Å². The van der Waals surface area contributed by atoms with E-state index in [-0.39, 0.29) is 6.07 Å². The molecule has 0 aliphatic rings. The lowest BCUT2D eigenvalue weighted by molar-refractivity contribution is -0.294. The normalized spacial score (nSPS) is 14.4. The fourth-order valence-corrected chi connectivity index (χ4v) is 2.55. The second-order valence-electron chi connectivity index (χ2n) is 6.15. The van der Waals surface area contributed by atoms with E-state index in [0.29, 0.717) is 0 Å². The van der Waals surface area contributed by atoms with Crippen LogP contribution in [0.25, 0.3) is 0 Å². The minimum absolute atomic E-state index is 0.340. The molecule has 0 saturated carbocycles. The Bertz CT molecular complexity index is 783. The van der Waals surface area contributed by atoms with Gasteiger partial charge in [-0.15, -0.1) is 52.7 Å². The smallest absolute Gasteiger partial charge is 0.405 e. The van der Waals surface area contributed by atoms with Crippen molar-refractivity contribution in [3.63, 3.8) is 0 Å². The summed E-state index contributed by atoms with van der Waals surface area (Å²) in [6, 6.07) is -1.99. The predicted molar refractivity (Wildman–Crippen MR) is 79.8 cm³/mol. The van der Waals surface area contributed by atoms with E-state index in [1.165, 1.54) is 13.8 Å². The first kappa shape index (κ1) is 27.6. The first-order valence-electron chi connectivity index (χ1n) is 8.04. The molecule has 0 aliphatic heterocycles. The van der Waals surface area contributed by atoms with E-state index < -0.39 is 66.0 Å². The highest BCUT2D eigenvalue weighted by atomic mass is 19.4. The van der Waals surface area contributed by atoms with Crippen molar-refractivity contribution in [2.75, 3.05) is 7.05 Å². The molecule has 0 heterocycles. The molecular weight excluding hydrogens is 486 g/mol. The average molecular weight is 499 g/mol. The Hall–Kier alpha value is -2.46. The van der Waals surface area contributed by atoms with Crippen LogP contribution >= 0.6 is 0 Å². The third kappa shape index (κ3) is 8.58. The zero-order valence-corrected chi connectivity index (χ0v) is 15.9. The van der Waals surface area contributed by atoms with Gasteiger partial charge in [0.05, 0.1) is 5.56 Å². The Morgan fingerprint density at radius 2 is 1.00 bits per heavy atom. The Morgan fingerprint density at radius 1 is 0.625 bits per heavy atom. The number of ether oxygens (including phenoxy) is 4. The SMILES string of the molecule is CNC(c1c(OC(F)(F)F)cc(OC(F)(F)F)c(OC(F)(F)F)c1OC(F)(F)F)C(C)C. The van der Waals surface area contributed by atoms with Crippen molar-refractivity contribution in [3.05, 3.63) is 11.6 Å². The molecule has 0 aliphatic carbocycles. The number of benzene rings is 1. The van der Waals surface area contributed by atoms with Crippen molar-refractivity contribution < 1.29 is 71.6 Å². The molecule has 5 nitrogen and oxygen atoms in total. The molecule has 1 aromatic rings. The summed E-state index contributed by atoms with van der Waals surface area (Å²) in [6.45, 7) is 2.45. The van der Waals surface area contributed by atoms with Crippen molar-refractivity contribution in [2.45, 2.75) is 45.3 Å². The van der Waals surface area contributed by atoms with Crippen LogP contribution in [0.1, 0.15) is 25.5 Å². The third-order valence-corrected chi connectivity index (χ3v) is 3.38. The molecular formula is C15H13F12NO4. The molecule has 186 valence electrons. The van der Waals surface area contributed by atoms with E-state index in [1.54, 1.807) is 0 Å². The standard InChI is InChI=1S/C15H13F12NO4/c1-5(2)9(28-3)8-6(29-12(16,17)18)4-7(30-13(19,20)21)10(31-14(22,23)24)11(8)32-15(25,26)27/h4-5,9,28H,1-3H3. The van der Waals surface area contributed by atoms with Crippen LogP contribution < -0.4 is 24.3 Å². The van der Waals surface area contributed by atoms with Crippen molar-refractivity contribution in [2.24, 2.45) is 5.92 Å². The molecule has 0 spiro atoms. The van der Waals surface area contributed by atoms with Crippen molar-refractivity contribution in [1.29, 1.82) is 0 Å². The predicted octanol–water partition coefficient (Wildman–Crippen LogP) is 6.20. The molecule has 1 atom stereocenters. The minimum atomic E-state index is -5.90. The van der Waals surface area contributed by atoms with Gasteiger partial charge in [-0.05, 0) is 13.0 Å². The summed E-state index contributed by atoms with van der Waals surface area (Å²) >= 11 is 0. The van der Waals surface area contributed by atoms with Crippen molar-refractivity contribution in [1.82, 2.24) is 5.32 Å². The first-order valence-corrected chi connectivity index (χ1v) is 8.04. The molecule has 0 radical (unpaired) electrons. The number of alkyl halides is 12. The number of rotatable bonds is 7. The molecule has 0 saturated heterocycles. The number of hydrogen-bond donors (Lipinski definition) is 1. The van der Waals surface area contributed by atoms with Gasteiger partial charge in [0.1, 0.15) is 5.75 Å². The number of halogens is 12. The molecule has 0 bridgehead atoms. The van der Waals surface area contributed by atoms with E-state index in [2.05, 4.69) is 24.3 Å². The van der Waals surface area contributed by atoms with Gasteiger partial charge in [-0.25, -0.2) is 0 Å². The van der Waals surface area contributed by atoms with Gasteiger partial charge in [0, 0.05) is 12.1 Å². The zero-order valence-electron chi connectivity index (χ0n) is 15.9. The van der Waals surface area contributed by atoms with Gasteiger partial charge in [0.15, 0.2) is 11.5 Å². The maximum Gasteiger partial charge on any atom is 0.573 e. The summed E-state index contributed by atoms with van der Waals surface area (Å²) in [5.74, 6) is -9.42. The molecule has 17 heteroatoms. The number of hydrogen-bond acceptors (Lipinski definition) is 5. The second kappa shape index (κ2) is 9.19. The van der Waals surface area contributed by atoms with Gasteiger partial charge in [-0.3, -0.25) is 0 Å². The molecule has 0 aromatic heterocycles. The topological polar surface area (TPSA) is 49.0 Å². The summed E-state index contributed by atoms with van der Waals surface area (Å²) in [5.41, 5.74) is -1.36. The fourth-order valence-electron chi connectivity index (χ4n) is 2.55.